The van der Waals surface area contributed by atoms with E-state index in [1.54, 1.807) is 31.2 Å². The van der Waals surface area contributed by atoms with Crippen LogP contribution in [0.3, 0.4) is 0 Å². The summed E-state index contributed by atoms with van der Waals surface area (Å²) in [7, 11) is 0. The smallest absolute Gasteiger partial charge is 0.269 e. The minimum Gasteiger partial charge on any atom is -0.392 e. The largest absolute Gasteiger partial charge is 0.392 e. The van der Waals surface area contributed by atoms with Gasteiger partial charge in [0, 0.05) is 18.7 Å². The van der Waals surface area contributed by atoms with Gasteiger partial charge in [0.05, 0.1) is 6.61 Å². The van der Waals surface area contributed by atoms with E-state index >= 15 is 0 Å². The summed E-state index contributed by atoms with van der Waals surface area (Å²) in [5, 5.41) is 17.4. The van der Waals surface area contributed by atoms with Crippen LogP contribution in [0.2, 0.25) is 0 Å². The first kappa shape index (κ1) is 34.6. The summed E-state index contributed by atoms with van der Waals surface area (Å²) in [5.74, 6) is -1.50. The highest BCUT2D eigenvalue weighted by Crippen LogP contribution is 2.30. The Hall–Kier alpha value is -2.57. The van der Waals surface area contributed by atoms with Gasteiger partial charge in [-0.15, -0.1) is 0 Å². The number of aliphatic hydroxyl groups excluding tert-OH is 1. The van der Waals surface area contributed by atoms with Crippen LogP contribution in [0.4, 0.5) is 5.69 Å². The first-order chi connectivity index (χ1) is 19.2. The number of rotatable bonds is 15. The first-order valence-electron chi connectivity index (χ1n) is 13.8. The molecule has 5 amide bonds. The van der Waals surface area contributed by atoms with Crippen molar-refractivity contribution in [2.45, 2.75) is 79.0 Å². The predicted octanol–water partition coefficient (Wildman–Crippen LogP) is 3.97. The normalized spacial score (nSPS) is 16.5. The zero-order valence-electron chi connectivity index (χ0n) is 24.1. The predicted molar refractivity (Wildman–Crippen MR) is 164 cm³/mol. The molecular formula is C29H40Br2N4O6. The number of benzene rings is 1. The molecule has 0 saturated carbocycles. The van der Waals surface area contributed by atoms with Gasteiger partial charge in [0.25, 0.3) is 11.8 Å². The molecule has 1 aromatic rings. The van der Waals surface area contributed by atoms with Crippen molar-refractivity contribution in [1.82, 2.24) is 15.5 Å². The molecule has 0 aromatic heterocycles. The summed E-state index contributed by atoms with van der Waals surface area (Å²) < 4.78 is 0.483. The lowest BCUT2D eigenvalue weighted by Crippen LogP contribution is -2.53. The molecule has 0 fully saturated rings. The number of hydrogen-bond acceptors (Lipinski definition) is 6. The molecular weight excluding hydrogens is 660 g/mol. The maximum Gasteiger partial charge on any atom is 0.269 e. The quantitative estimate of drug-likeness (QED) is 0.204. The average Bonchev–Trinajstić information content (AvgIpc) is 3.11. The van der Waals surface area contributed by atoms with Crippen molar-refractivity contribution in [2.75, 3.05) is 11.9 Å². The molecule has 10 nitrogen and oxygen atoms in total. The number of amides is 5. The van der Waals surface area contributed by atoms with E-state index in [1.165, 1.54) is 4.90 Å². The van der Waals surface area contributed by atoms with Crippen molar-refractivity contribution in [1.29, 1.82) is 0 Å². The van der Waals surface area contributed by atoms with Crippen LogP contribution in [0.5, 0.6) is 0 Å². The van der Waals surface area contributed by atoms with Gasteiger partial charge in [-0.05, 0) is 93.5 Å². The van der Waals surface area contributed by atoms with Crippen LogP contribution in [0.1, 0.15) is 65.9 Å². The van der Waals surface area contributed by atoms with Crippen LogP contribution in [-0.4, -0.2) is 58.2 Å². The second-order valence-electron chi connectivity index (χ2n) is 11.0. The summed E-state index contributed by atoms with van der Waals surface area (Å²) in [6, 6.07) is 5.10. The van der Waals surface area contributed by atoms with Crippen molar-refractivity contribution in [3.05, 3.63) is 38.8 Å². The Balaban J connectivity index is 1.77. The highest BCUT2D eigenvalue weighted by atomic mass is 79.9. The number of nitrogens with one attached hydrogen (secondary N) is 3. The minimum atomic E-state index is -0.830. The maximum absolute atomic E-state index is 12.9. The molecule has 1 aliphatic rings. The molecule has 0 saturated heterocycles. The Morgan fingerprint density at radius 3 is 1.95 bits per heavy atom. The fraction of sp³-hybridized carbons (Fsp3) is 0.552. The highest BCUT2D eigenvalue weighted by Gasteiger charge is 2.35. The van der Waals surface area contributed by atoms with Crippen molar-refractivity contribution in [2.24, 2.45) is 17.8 Å². The lowest BCUT2D eigenvalue weighted by atomic mass is 9.91. The second kappa shape index (κ2) is 16.2. The fourth-order valence-electron chi connectivity index (χ4n) is 4.46. The zero-order chi connectivity index (χ0) is 30.9. The number of carbonyl (C=O) groups excluding carboxylic acids is 5. The monoisotopic (exact) mass is 698 g/mol. The summed E-state index contributed by atoms with van der Waals surface area (Å²) >= 11 is 6.27. The average molecular weight is 700 g/mol. The molecule has 0 bridgehead atoms. The second-order valence-corrected chi connectivity index (χ2v) is 12.6. The SMILES string of the molecule is CC(CCC(=O)NC(C(=O)N[C@@H](C)C(=O)Nc1ccc(CO)cc1)C(C)C)CC(C)CCN1C(=O)C(Br)=C(Br)C1=O. The molecule has 4 N–H and O–H groups in total. The third-order valence-corrected chi connectivity index (χ3v) is 9.00. The number of aliphatic hydroxyl groups is 1. The van der Waals surface area contributed by atoms with Crippen LogP contribution in [0.25, 0.3) is 0 Å². The van der Waals surface area contributed by atoms with Gasteiger partial charge in [0.15, 0.2) is 0 Å². The number of hydrogen-bond donors (Lipinski definition) is 4. The van der Waals surface area contributed by atoms with Gasteiger partial charge in [0.1, 0.15) is 21.0 Å². The van der Waals surface area contributed by atoms with Crippen molar-refractivity contribution in [3.63, 3.8) is 0 Å². The highest BCUT2D eigenvalue weighted by molar-refractivity contribution is 9.14. The van der Waals surface area contributed by atoms with Gasteiger partial charge in [-0.25, -0.2) is 0 Å². The van der Waals surface area contributed by atoms with E-state index in [0.717, 1.165) is 12.0 Å². The number of carbonyl (C=O) groups is 5. The van der Waals surface area contributed by atoms with Gasteiger partial charge >= 0.3 is 0 Å². The van der Waals surface area contributed by atoms with Crippen LogP contribution < -0.4 is 16.0 Å². The Morgan fingerprint density at radius 1 is 0.854 bits per heavy atom. The summed E-state index contributed by atoms with van der Waals surface area (Å²) in [5.41, 5.74) is 1.26. The van der Waals surface area contributed by atoms with Crippen molar-refractivity contribution >= 4 is 67.1 Å². The molecule has 2 rings (SSSR count). The van der Waals surface area contributed by atoms with Gasteiger partial charge in [-0.1, -0.05) is 39.8 Å². The minimum absolute atomic E-state index is 0.0960. The van der Waals surface area contributed by atoms with E-state index in [9.17, 15) is 24.0 Å². The van der Waals surface area contributed by atoms with Crippen molar-refractivity contribution in [3.8, 4) is 0 Å². The van der Waals surface area contributed by atoms with E-state index in [1.807, 2.05) is 13.8 Å². The molecule has 0 radical (unpaired) electrons. The Bertz CT molecular complexity index is 1130. The van der Waals surface area contributed by atoms with E-state index in [0.29, 0.717) is 25.1 Å². The van der Waals surface area contributed by atoms with Crippen LogP contribution in [-0.2, 0) is 30.6 Å². The third kappa shape index (κ3) is 10.3. The molecule has 41 heavy (non-hydrogen) atoms. The van der Waals surface area contributed by atoms with E-state index in [4.69, 9.17) is 5.11 Å². The Kier molecular flexibility index (Phi) is 13.7. The third-order valence-electron chi connectivity index (χ3n) is 6.99. The van der Waals surface area contributed by atoms with Crippen molar-refractivity contribution < 1.29 is 29.1 Å². The maximum atomic E-state index is 12.9. The lowest BCUT2D eigenvalue weighted by Gasteiger charge is -2.24. The van der Waals surface area contributed by atoms with Gasteiger partial charge in [-0.3, -0.25) is 28.9 Å². The molecule has 1 aromatic carbocycles. The molecule has 0 spiro atoms. The summed E-state index contributed by atoms with van der Waals surface area (Å²) in [6.07, 6.45) is 2.35. The van der Waals surface area contributed by atoms with Gasteiger partial charge in [0.2, 0.25) is 17.7 Å². The van der Waals surface area contributed by atoms with E-state index < -0.39 is 23.9 Å². The molecule has 0 aliphatic carbocycles. The van der Waals surface area contributed by atoms with Crippen LogP contribution in [0.15, 0.2) is 33.2 Å². The van der Waals surface area contributed by atoms with E-state index in [2.05, 4.69) is 61.7 Å². The fourth-order valence-corrected chi connectivity index (χ4v) is 5.23. The summed E-state index contributed by atoms with van der Waals surface area (Å²) in [4.78, 5) is 63.8. The Labute approximate surface area is 258 Å². The zero-order valence-corrected chi connectivity index (χ0v) is 27.3. The van der Waals surface area contributed by atoms with Gasteiger partial charge in [-0.2, -0.15) is 0 Å². The molecule has 1 aliphatic heterocycles. The van der Waals surface area contributed by atoms with Gasteiger partial charge < -0.3 is 21.1 Å². The molecule has 1 heterocycles. The van der Waals surface area contributed by atoms with E-state index in [-0.39, 0.29) is 57.5 Å². The molecule has 12 heteroatoms. The lowest BCUT2D eigenvalue weighted by molar-refractivity contribution is -0.137. The first-order valence-corrected chi connectivity index (χ1v) is 15.4. The standard InChI is InChI=1S/C29H40Br2N4O6/c1-16(2)25(27(39)32-19(5)26(38)33-21-9-7-20(15-36)8-10-21)34-22(37)11-6-17(3)14-18(4)12-13-35-28(40)23(30)24(31)29(35)41/h7-10,16-19,25,36H,6,11-15H2,1-5H3,(H,32,39)(H,33,38)(H,34,37)/t17?,18?,19-,25?/m0/s1. The molecule has 226 valence electrons. The molecule has 3 unspecified atom stereocenters. The number of imide groups is 1. The number of nitrogens with zero attached hydrogens (tertiary/aromatic N) is 1. The molecule has 4 atom stereocenters. The topological polar surface area (TPSA) is 145 Å². The number of halogens is 2. The van der Waals surface area contributed by atoms with Crippen LogP contribution >= 0.6 is 31.9 Å². The Morgan fingerprint density at radius 2 is 1.41 bits per heavy atom. The summed E-state index contributed by atoms with van der Waals surface area (Å²) in [6.45, 7) is 9.56. The number of anilines is 1. The van der Waals surface area contributed by atoms with Crippen LogP contribution in [0, 0.1) is 17.8 Å².